The maximum Gasteiger partial charge on any atom is 0.223 e. The van der Waals surface area contributed by atoms with Crippen LogP contribution in [0.5, 0.6) is 5.75 Å². The molecular formula is C13H14N3OS+. The van der Waals surface area contributed by atoms with E-state index in [-0.39, 0.29) is 5.75 Å². The van der Waals surface area contributed by atoms with Crippen molar-refractivity contribution >= 4 is 34.3 Å². The van der Waals surface area contributed by atoms with Crippen molar-refractivity contribution in [3.05, 3.63) is 42.0 Å². The first-order valence-electron chi connectivity index (χ1n) is 5.49. The van der Waals surface area contributed by atoms with Crippen molar-refractivity contribution in [1.82, 2.24) is 10.7 Å². The number of fused-ring (bicyclic) bond motifs is 1. The van der Waals surface area contributed by atoms with Gasteiger partial charge in [0.15, 0.2) is 0 Å². The molecule has 0 unspecified atom stereocenters. The van der Waals surface area contributed by atoms with E-state index in [4.69, 9.17) is 12.2 Å². The van der Waals surface area contributed by atoms with E-state index in [1.807, 2.05) is 30.3 Å². The van der Waals surface area contributed by atoms with Crippen molar-refractivity contribution in [3.8, 4) is 5.75 Å². The van der Waals surface area contributed by atoms with Crippen LogP contribution in [0.2, 0.25) is 0 Å². The molecule has 0 saturated heterocycles. The van der Waals surface area contributed by atoms with Gasteiger partial charge in [0, 0.05) is 7.05 Å². The molecule has 0 aliphatic carbocycles. The van der Waals surface area contributed by atoms with E-state index in [1.165, 1.54) is 0 Å². The van der Waals surface area contributed by atoms with Crippen LogP contribution in [0.25, 0.3) is 10.8 Å². The third-order valence-electron chi connectivity index (χ3n) is 2.58. The zero-order chi connectivity index (χ0) is 13.0. The Labute approximate surface area is 110 Å². The highest BCUT2D eigenvalue weighted by Crippen LogP contribution is 2.24. The number of hydrazone groups is 1. The lowest BCUT2D eigenvalue weighted by Gasteiger charge is -2.02. The molecule has 0 spiro atoms. The number of hydrazine groups is 1. The zero-order valence-electron chi connectivity index (χ0n) is 9.90. The number of thiocarbonyl (C=S) groups is 1. The van der Waals surface area contributed by atoms with Gasteiger partial charge in [-0.25, -0.2) is 0 Å². The highest BCUT2D eigenvalue weighted by molar-refractivity contribution is 7.80. The number of benzene rings is 2. The van der Waals surface area contributed by atoms with Crippen molar-refractivity contribution in [2.75, 3.05) is 7.05 Å². The molecular weight excluding hydrogens is 246 g/mol. The average Bonchev–Trinajstić information content (AvgIpc) is 2.41. The lowest BCUT2D eigenvalue weighted by Crippen LogP contribution is -2.82. The molecule has 0 aliphatic heterocycles. The van der Waals surface area contributed by atoms with Gasteiger partial charge in [-0.05, 0) is 29.1 Å². The van der Waals surface area contributed by atoms with Crippen LogP contribution in [0.3, 0.4) is 0 Å². The topological polar surface area (TPSA) is 58.3 Å². The summed E-state index contributed by atoms with van der Waals surface area (Å²) in [6.45, 7) is 0. The van der Waals surface area contributed by atoms with E-state index in [0.29, 0.717) is 5.11 Å². The van der Waals surface area contributed by atoms with Crippen LogP contribution >= 0.6 is 12.2 Å². The summed E-state index contributed by atoms with van der Waals surface area (Å²) in [4.78, 5) is 0. The third kappa shape index (κ3) is 2.57. The van der Waals surface area contributed by atoms with Crippen LogP contribution in [0, 0.1) is 0 Å². The number of aromatic hydroxyl groups is 1. The van der Waals surface area contributed by atoms with Crippen LogP contribution in [0.15, 0.2) is 36.4 Å². The smallest absolute Gasteiger partial charge is 0.223 e. The fourth-order valence-corrected chi connectivity index (χ4v) is 1.73. The summed E-state index contributed by atoms with van der Waals surface area (Å²) in [6, 6.07) is 11.4. The van der Waals surface area contributed by atoms with E-state index < -0.39 is 0 Å². The van der Waals surface area contributed by atoms with Crippen molar-refractivity contribution in [1.29, 1.82) is 0 Å². The fraction of sp³-hybridized carbons (Fsp3) is 0.0769. The first-order chi connectivity index (χ1) is 8.72. The molecule has 92 valence electrons. The van der Waals surface area contributed by atoms with Crippen LogP contribution in [0.4, 0.5) is 0 Å². The molecule has 0 aliphatic rings. The van der Waals surface area contributed by atoms with Crippen LogP contribution < -0.4 is 15.8 Å². The highest BCUT2D eigenvalue weighted by atomic mass is 32.1. The number of rotatable bonds is 2. The minimum absolute atomic E-state index is 0.221. The summed E-state index contributed by atoms with van der Waals surface area (Å²) in [5.41, 5.74) is 3.50. The van der Waals surface area contributed by atoms with Crippen LogP contribution in [0.1, 0.15) is 5.56 Å². The van der Waals surface area contributed by atoms with Gasteiger partial charge in [0.1, 0.15) is 5.75 Å². The van der Waals surface area contributed by atoms with E-state index in [9.17, 15) is 5.11 Å². The molecule has 0 fully saturated rings. The van der Waals surface area contributed by atoms with Crippen LogP contribution in [-0.4, -0.2) is 23.5 Å². The summed E-state index contributed by atoms with van der Waals surface area (Å²) in [6.07, 6.45) is 1.68. The van der Waals surface area contributed by atoms with E-state index in [2.05, 4.69) is 15.8 Å². The van der Waals surface area contributed by atoms with Crippen LogP contribution in [-0.2, 0) is 0 Å². The Morgan fingerprint density at radius 1 is 1.28 bits per heavy atom. The van der Waals surface area contributed by atoms with Gasteiger partial charge < -0.3 is 10.4 Å². The molecule has 0 amide bonds. The van der Waals surface area contributed by atoms with Gasteiger partial charge in [-0.3, -0.25) is 0 Å². The number of phenolic OH excluding ortho intramolecular Hbond substituents is 1. The second-order valence-corrected chi connectivity index (χ2v) is 4.12. The van der Waals surface area contributed by atoms with Crippen molar-refractivity contribution in [2.24, 2.45) is 0 Å². The Kier molecular flexibility index (Phi) is 3.74. The molecule has 0 bridgehead atoms. The SMILES string of the molecule is CNC(=S)N[NH+]=Cc1c(O)ccc2ccccc12. The summed E-state index contributed by atoms with van der Waals surface area (Å²) >= 11 is 4.93. The summed E-state index contributed by atoms with van der Waals surface area (Å²) in [5.74, 6) is 0.221. The second-order valence-electron chi connectivity index (χ2n) is 3.71. The Hall–Kier alpha value is -2.14. The Bertz CT molecular complexity index is 610. The summed E-state index contributed by atoms with van der Waals surface area (Å²) in [7, 11) is 1.73. The molecule has 4 nitrogen and oxygen atoms in total. The van der Waals surface area contributed by atoms with Gasteiger partial charge in [0.2, 0.25) is 11.3 Å². The maximum atomic E-state index is 9.88. The Balaban J connectivity index is 2.37. The van der Waals surface area contributed by atoms with E-state index >= 15 is 0 Å². The minimum atomic E-state index is 0.221. The number of nitrogens with one attached hydrogen (secondary N) is 3. The Morgan fingerprint density at radius 2 is 2.06 bits per heavy atom. The van der Waals surface area contributed by atoms with Gasteiger partial charge in [-0.15, -0.1) is 10.5 Å². The summed E-state index contributed by atoms with van der Waals surface area (Å²) in [5, 5.41) is 18.0. The molecule has 4 N–H and O–H groups in total. The molecule has 2 aromatic rings. The number of hydrogen-bond donors (Lipinski definition) is 4. The first kappa shape index (κ1) is 12.3. The summed E-state index contributed by atoms with van der Waals surface area (Å²) < 4.78 is 0. The van der Waals surface area contributed by atoms with E-state index in [0.717, 1.165) is 16.3 Å². The molecule has 0 aromatic heterocycles. The lowest BCUT2D eigenvalue weighted by molar-refractivity contribution is -0.500. The van der Waals surface area contributed by atoms with Gasteiger partial charge in [0.25, 0.3) is 0 Å². The number of phenols is 1. The molecule has 0 radical (unpaired) electrons. The third-order valence-corrected chi connectivity index (χ3v) is 2.88. The van der Waals surface area contributed by atoms with Crippen molar-refractivity contribution in [2.45, 2.75) is 0 Å². The van der Waals surface area contributed by atoms with Gasteiger partial charge >= 0.3 is 0 Å². The quantitative estimate of drug-likeness (QED) is 0.350. The molecule has 0 saturated carbocycles. The fourth-order valence-electron chi connectivity index (χ4n) is 1.67. The molecule has 2 rings (SSSR count). The average molecular weight is 260 g/mol. The lowest BCUT2D eigenvalue weighted by atomic mass is 10.0. The van der Waals surface area contributed by atoms with Crippen molar-refractivity contribution in [3.63, 3.8) is 0 Å². The van der Waals surface area contributed by atoms with Gasteiger partial charge in [0.05, 0.1) is 5.56 Å². The van der Waals surface area contributed by atoms with E-state index in [1.54, 1.807) is 19.3 Å². The highest BCUT2D eigenvalue weighted by Gasteiger charge is 2.06. The van der Waals surface area contributed by atoms with Gasteiger partial charge in [-0.1, -0.05) is 30.3 Å². The molecule has 0 atom stereocenters. The first-order valence-corrected chi connectivity index (χ1v) is 5.90. The van der Waals surface area contributed by atoms with Crippen molar-refractivity contribution < 1.29 is 10.2 Å². The molecule has 2 aromatic carbocycles. The molecule has 0 heterocycles. The molecule has 18 heavy (non-hydrogen) atoms. The standard InChI is InChI=1S/C13H13N3OS/c1-14-13(18)16-15-8-11-10-5-3-2-4-9(10)6-7-12(11)17/h2-8,17H,1H3,(H2,14,16,18)/p+1. The minimum Gasteiger partial charge on any atom is -0.507 e. The zero-order valence-corrected chi connectivity index (χ0v) is 10.7. The maximum absolute atomic E-state index is 9.88. The molecule has 5 heteroatoms. The predicted molar refractivity (Wildman–Crippen MR) is 76.5 cm³/mol. The number of hydrogen-bond acceptors (Lipinski definition) is 2. The second kappa shape index (κ2) is 5.46. The Morgan fingerprint density at radius 3 is 2.83 bits per heavy atom. The largest absolute Gasteiger partial charge is 0.507 e. The van der Waals surface area contributed by atoms with Gasteiger partial charge in [-0.2, -0.15) is 0 Å². The monoisotopic (exact) mass is 260 g/mol. The predicted octanol–water partition coefficient (Wildman–Crippen LogP) is 0.0538. The normalized spacial score (nSPS) is 10.7.